The smallest absolute Gasteiger partial charge is 0.274 e. The summed E-state index contributed by atoms with van der Waals surface area (Å²) in [5, 5.41) is 6.47. The number of aromatic amines is 1. The third-order valence-corrected chi connectivity index (χ3v) is 3.63. The number of nitrogens with one attached hydrogen (secondary N) is 1. The number of nitrogens with zero attached hydrogens (tertiary/aromatic N) is 2. The molecule has 3 rings (SSSR count). The molecule has 1 saturated carbocycles. The molecule has 1 aromatic heterocycles. The van der Waals surface area contributed by atoms with E-state index in [0.29, 0.717) is 24.5 Å². The van der Waals surface area contributed by atoms with Crippen LogP contribution in [0.1, 0.15) is 29.8 Å². The van der Waals surface area contributed by atoms with Gasteiger partial charge in [-0.2, -0.15) is 5.10 Å². The Kier molecular flexibility index (Phi) is 2.51. The van der Waals surface area contributed by atoms with Gasteiger partial charge in [-0.15, -0.1) is 0 Å². The van der Waals surface area contributed by atoms with Crippen LogP contribution in [0.5, 0.6) is 0 Å². The number of hydrogen-bond acceptors (Lipinski definition) is 4. The molecule has 1 aliphatic carbocycles. The summed E-state index contributed by atoms with van der Waals surface area (Å²) in [6.45, 7) is 1.25. The number of anilines is 1. The number of carbonyl (C=O) groups excluding carboxylic acids is 1. The van der Waals surface area contributed by atoms with E-state index in [1.54, 1.807) is 0 Å². The molecule has 0 aromatic carbocycles. The highest BCUT2D eigenvalue weighted by Gasteiger charge is 2.39. The third kappa shape index (κ3) is 1.68. The molecule has 0 spiro atoms. The standard InChI is InChI=1S/C11H16N4O2/c12-7-6-13-14-10(7)11(16)15-4-5-17-9-3-1-2-8(9)15/h6,8-9H,1-5,12H2,(H,13,14). The van der Waals surface area contributed by atoms with Gasteiger partial charge >= 0.3 is 0 Å². The van der Waals surface area contributed by atoms with Crippen LogP contribution in [0, 0.1) is 0 Å². The number of amides is 1. The monoisotopic (exact) mass is 236 g/mol. The summed E-state index contributed by atoms with van der Waals surface area (Å²) in [5.74, 6) is -0.0554. The van der Waals surface area contributed by atoms with Gasteiger partial charge in [0.1, 0.15) is 5.69 Å². The Balaban J connectivity index is 1.83. The van der Waals surface area contributed by atoms with Crippen LogP contribution in [0.3, 0.4) is 0 Å². The zero-order valence-corrected chi connectivity index (χ0v) is 9.56. The molecule has 1 aliphatic heterocycles. The Labute approximate surface area is 99.1 Å². The Bertz CT molecular complexity index is 431. The first-order chi connectivity index (χ1) is 8.27. The molecule has 2 heterocycles. The number of fused-ring (bicyclic) bond motifs is 1. The van der Waals surface area contributed by atoms with E-state index in [1.807, 2.05) is 4.90 Å². The SMILES string of the molecule is Nc1cn[nH]c1C(=O)N1CCOC2CCCC21. The van der Waals surface area contributed by atoms with Crippen molar-refractivity contribution in [1.82, 2.24) is 15.1 Å². The van der Waals surface area contributed by atoms with Crippen LogP contribution in [0.15, 0.2) is 6.20 Å². The lowest BCUT2D eigenvalue weighted by molar-refractivity contribution is -0.0446. The zero-order valence-electron chi connectivity index (χ0n) is 9.56. The van der Waals surface area contributed by atoms with E-state index in [4.69, 9.17) is 10.5 Å². The van der Waals surface area contributed by atoms with Gasteiger partial charge in [-0.05, 0) is 19.3 Å². The number of rotatable bonds is 1. The topological polar surface area (TPSA) is 84.2 Å². The van der Waals surface area contributed by atoms with Gasteiger partial charge < -0.3 is 15.4 Å². The van der Waals surface area contributed by atoms with Gasteiger partial charge in [0, 0.05) is 6.54 Å². The van der Waals surface area contributed by atoms with E-state index in [-0.39, 0.29) is 18.1 Å². The van der Waals surface area contributed by atoms with Crippen LogP contribution in [0.2, 0.25) is 0 Å². The maximum atomic E-state index is 12.3. The lowest BCUT2D eigenvalue weighted by atomic mass is 10.1. The fraction of sp³-hybridized carbons (Fsp3) is 0.636. The molecule has 0 bridgehead atoms. The van der Waals surface area contributed by atoms with Crippen molar-refractivity contribution in [3.05, 3.63) is 11.9 Å². The van der Waals surface area contributed by atoms with Gasteiger partial charge in [-0.1, -0.05) is 0 Å². The van der Waals surface area contributed by atoms with Gasteiger partial charge in [0.2, 0.25) is 0 Å². The lowest BCUT2D eigenvalue weighted by Gasteiger charge is -2.37. The molecular weight excluding hydrogens is 220 g/mol. The second kappa shape index (κ2) is 4.03. The highest BCUT2D eigenvalue weighted by molar-refractivity contribution is 5.97. The van der Waals surface area contributed by atoms with Gasteiger partial charge in [0.25, 0.3) is 5.91 Å². The molecule has 3 N–H and O–H groups in total. The van der Waals surface area contributed by atoms with Crippen molar-refractivity contribution in [3.63, 3.8) is 0 Å². The average molecular weight is 236 g/mol. The molecule has 17 heavy (non-hydrogen) atoms. The summed E-state index contributed by atoms with van der Waals surface area (Å²) in [6, 6.07) is 0.207. The van der Waals surface area contributed by atoms with Gasteiger partial charge in [0.05, 0.1) is 30.6 Å². The van der Waals surface area contributed by atoms with Crippen LogP contribution in [-0.4, -0.2) is 46.3 Å². The summed E-state index contributed by atoms with van der Waals surface area (Å²) in [5.41, 5.74) is 6.53. The predicted octanol–water partition coefficient (Wildman–Crippen LogP) is 0.385. The second-order valence-electron chi connectivity index (χ2n) is 4.61. The highest BCUT2D eigenvalue weighted by atomic mass is 16.5. The molecule has 1 saturated heterocycles. The summed E-state index contributed by atoms with van der Waals surface area (Å²) >= 11 is 0. The molecule has 6 nitrogen and oxygen atoms in total. The fourth-order valence-corrected chi connectivity index (χ4v) is 2.79. The number of H-pyrrole nitrogens is 1. The molecule has 92 valence electrons. The van der Waals surface area contributed by atoms with Crippen molar-refractivity contribution in [2.75, 3.05) is 18.9 Å². The molecule has 1 amide bonds. The molecule has 2 atom stereocenters. The minimum Gasteiger partial charge on any atom is -0.396 e. The van der Waals surface area contributed by atoms with Crippen molar-refractivity contribution >= 4 is 11.6 Å². The largest absolute Gasteiger partial charge is 0.396 e. The number of hydrogen-bond donors (Lipinski definition) is 2. The predicted molar refractivity (Wildman–Crippen MR) is 61.4 cm³/mol. The van der Waals surface area contributed by atoms with Crippen molar-refractivity contribution in [3.8, 4) is 0 Å². The normalized spacial score (nSPS) is 28.1. The molecule has 1 aromatic rings. The average Bonchev–Trinajstić information content (AvgIpc) is 2.95. The molecule has 6 heteroatoms. The lowest BCUT2D eigenvalue weighted by Crippen LogP contribution is -2.51. The molecule has 2 unspecified atom stereocenters. The number of nitrogens with two attached hydrogens (primary N) is 1. The highest BCUT2D eigenvalue weighted by Crippen LogP contribution is 2.30. The number of morpholine rings is 1. The number of aromatic nitrogens is 2. The minimum absolute atomic E-state index is 0.0554. The zero-order chi connectivity index (χ0) is 11.8. The van der Waals surface area contributed by atoms with E-state index < -0.39 is 0 Å². The van der Waals surface area contributed by atoms with Crippen molar-refractivity contribution in [2.45, 2.75) is 31.4 Å². The van der Waals surface area contributed by atoms with E-state index in [9.17, 15) is 4.79 Å². The Morgan fingerprint density at radius 2 is 2.47 bits per heavy atom. The van der Waals surface area contributed by atoms with E-state index in [0.717, 1.165) is 19.3 Å². The summed E-state index contributed by atoms with van der Waals surface area (Å²) in [4.78, 5) is 14.2. The second-order valence-corrected chi connectivity index (χ2v) is 4.61. The van der Waals surface area contributed by atoms with Crippen molar-refractivity contribution < 1.29 is 9.53 Å². The first kappa shape index (κ1) is 10.6. The Morgan fingerprint density at radius 1 is 1.59 bits per heavy atom. The summed E-state index contributed by atoms with van der Waals surface area (Å²) in [7, 11) is 0. The van der Waals surface area contributed by atoms with Crippen LogP contribution >= 0.6 is 0 Å². The quantitative estimate of drug-likeness (QED) is 0.738. The number of carbonyl (C=O) groups is 1. The summed E-state index contributed by atoms with van der Waals surface area (Å²) < 4.78 is 5.68. The molecule has 2 aliphatic rings. The number of ether oxygens (including phenoxy) is 1. The van der Waals surface area contributed by atoms with Crippen LogP contribution in [0.4, 0.5) is 5.69 Å². The van der Waals surface area contributed by atoms with Gasteiger partial charge in [-0.25, -0.2) is 0 Å². The first-order valence-corrected chi connectivity index (χ1v) is 5.99. The third-order valence-electron chi connectivity index (χ3n) is 3.63. The fourth-order valence-electron chi connectivity index (χ4n) is 2.79. The number of nitrogen functional groups attached to an aromatic ring is 1. The van der Waals surface area contributed by atoms with Crippen molar-refractivity contribution in [2.24, 2.45) is 0 Å². The summed E-state index contributed by atoms with van der Waals surface area (Å²) in [6.07, 6.45) is 4.87. The maximum absolute atomic E-state index is 12.3. The van der Waals surface area contributed by atoms with E-state index in [1.165, 1.54) is 6.20 Å². The van der Waals surface area contributed by atoms with Gasteiger partial charge in [-0.3, -0.25) is 9.89 Å². The van der Waals surface area contributed by atoms with Crippen LogP contribution in [0.25, 0.3) is 0 Å². The Morgan fingerprint density at radius 3 is 3.24 bits per heavy atom. The molecule has 2 fully saturated rings. The van der Waals surface area contributed by atoms with Gasteiger partial charge in [0.15, 0.2) is 0 Å². The van der Waals surface area contributed by atoms with E-state index >= 15 is 0 Å². The van der Waals surface area contributed by atoms with Crippen LogP contribution in [-0.2, 0) is 4.74 Å². The maximum Gasteiger partial charge on any atom is 0.274 e. The molecular formula is C11H16N4O2. The van der Waals surface area contributed by atoms with E-state index in [2.05, 4.69) is 10.2 Å². The van der Waals surface area contributed by atoms with Crippen LogP contribution < -0.4 is 5.73 Å². The minimum atomic E-state index is -0.0554. The molecule has 0 radical (unpaired) electrons. The van der Waals surface area contributed by atoms with Crippen molar-refractivity contribution in [1.29, 1.82) is 0 Å². The Hall–Kier alpha value is -1.56. The first-order valence-electron chi connectivity index (χ1n) is 5.99.